The van der Waals surface area contributed by atoms with Crippen LogP contribution in [0, 0.1) is 0 Å². The monoisotopic (exact) mass is 311 g/mol. The molecule has 23 heavy (non-hydrogen) atoms. The van der Waals surface area contributed by atoms with E-state index in [-0.39, 0.29) is 5.91 Å². The number of hydrogen-bond acceptors (Lipinski definition) is 3. The summed E-state index contributed by atoms with van der Waals surface area (Å²) in [6.07, 6.45) is 2.13. The maximum absolute atomic E-state index is 13.0. The van der Waals surface area contributed by atoms with Gasteiger partial charge in [-0.2, -0.15) is 0 Å². The molecule has 1 aliphatic rings. The predicted molar refractivity (Wildman–Crippen MR) is 88.9 cm³/mol. The molecule has 0 aliphatic heterocycles. The van der Waals surface area contributed by atoms with Gasteiger partial charge in [-0.15, -0.1) is 0 Å². The van der Waals surface area contributed by atoms with Gasteiger partial charge in [0.2, 0.25) is 0 Å². The number of benzene rings is 2. The van der Waals surface area contributed by atoms with E-state index in [2.05, 4.69) is 0 Å². The number of methoxy groups -OCH3 is 2. The SMILES string of the molecule is COc1ccc(C(=O)N(Cc2ccccc2)C2CC2)c(OC)c1. The molecule has 0 unspecified atom stereocenters. The Bertz CT molecular complexity index is 680. The number of amides is 1. The minimum Gasteiger partial charge on any atom is -0.497 e. The van der Waals surface area contributed by atoms with Gasteiger partial charge >= 0.3 is 0 Å². The highest BCUT2D eigenvalue weighted by molar-refractivity contribution is 5.97. The molecule has 1 fully saturated rings. The Labute approximate surface area is 136 Å². The van der Waals surface area contributed by atoms with Crippen LogP contribution >= 0.6 is 0 Å². The molecule has 0 bridgehead atoms. The molecule has 1 saturated carbocycles. The zero-order valence-electron chi connectivity index (χ0n) is 13.5. The summed E-state index contributed by atoms with van der Waals surface area (Å²) >= 11 is 0. The second kappa shape index (κ2) is 6.73. The Kier molecular flexibility index (Phi) is 4.51. The Morgan fingerprint density at radius 2 is 1.83 bits per heavy atom. The number of rotatable bonds is 6. The lowest BCUT2D eigenvalue weighted by Gasteiger charge is -2.23. The fourth-order valence-electron chi connectivity index (χ4n) is 2.66. The second-order valence-corrected chi connectivity index (χ2v) is 5.72. The fourth-order valence-corrected chi connectivity index (χ4v) is 2.66. The zero-order valence-corrected chi connectivity index (χ0v) is 13.5. The van der Waals surface area contributed by atoms with Gasteiger partial charge in [-0.3, -0.25) is 4.79 Å². The molecule has 0 N–H and O–H groups in total. The highest BCUT2D eigenvalue weighted by Crippen LogP contribution is 2.33. The first-order valence-corrected chi connectivity index (χ1v) is 7.80. The molecule has 0 atom stereocenters. The Hall–Kier alpha value is -2.49. The topological polar surface area (TPSA) is 38.8 Å². The van der Waals surface area contributed by atoms with Gasteiger partial charge in [0.15, 0.2) is 0 Å². The third kappa shape index (κ3) is 3.47. The largest absolute Gasteiger partial charge is 0.497 e. The Morgan fingerprint density at radius 1 is 1.09 bits per heavy atom. The zero-order chi connectivity index (χ0) is 16.2. The van der Waals surface area contributed by atoms with Crippen LogP contribution < -0.4 is 9.47 Å². The van der Waals surface area contributed by atoms with Crippen LogP contribution in [-0.4, -0.2) is 31.1 Å². The number of carbonyl (C=O) groups is 1. The van der Waals surface area contributed by atoms with E-state index in [0.717, 1.165) is 18.4 Å². The molecule has 0 radical (unpaired) electrons. The van der Waals surface area contributed by atoms with Crippen LogP contribution in [0.5, 0.6) is 11.5 Å². The molecular weight excluding hydrogens is 290 g/mol. The highest BCUT2D eigenvalue weighted by atomic mass is 16.5. The van der Waals surface area contributed by atoms with E-state index in [0.29, 0.717) is 29.6 Å². The number of ether oxygens (including phenoxy) is 2. The molecular formula is C19H21NO3. The molecule has 0 heterocycles. The summed E-state index contributed by atoms with van der Waals surface area (Å²) in [4.78, 5) is 15.0. The lowest BCUT2D eigenvalue weighted by Crippen LogP contribution is -2.32. The van der Waals surface area contributed by atoms with Gasteiger partial charge in [-0.05, 0) is 30.5 Å². The van der Waals surface area contributed by atoms with Crippen molar-refractivity contribution >= 4 is 5.91 Å². The third-order valence-corrected chi connectivity index (χ3v) is 4.08. The molecule has 120 valence electrons. The minimum atomic E-state index is 0.0101. The average molecular weight is 311 g/mol. The Balaban J connectivity index is 1.87. The third-order valence-electron chi connectivity index (χ3n) is 4.08. The van der Waals surface area contributed by atoms with Crippen molar-refractivity contribution in [1.29, 1.82) is 0 Å². The van der Waals surface area contributed by atoms with Crippen molar-refractivity contribution in [2.24, 2.45) is 0 Å². The van der Waals surface area contributed by atoms with Crippen molar-refractivity contribution in [1.82, 2.24) is 4.90 Å². The minimum absolute atomic E-state index is 0.0101. The van der Waals surface area contributed by atoms with Crippen LogP contribution in [0.2, 0.25) is 0 Å². The average Bonchev–Trinajstić information content (AvgIpc) is 3.44. The molecule has 3 rings (SSSR count). The lowest BCUT2D eigenvalue weighted by atomic mass is 10.1. The van der Waals surface area contributed by atoms with Crippen molar-refractivity contribution in [2.45, 2.75) is 25.4 Å². The van der Waals surface area contributed by atoms with Crippen molar-refractivity contribution in [3.63, 3.8) is 0 Å². The van der Waals surface area contributed by atoms with Gasteiger partial charge in [0, 0.05) is 18.7 Å². The fraction of sp³-hybridized carbons (Fsp3) is 0.316. The number of carbonyl (C=O) groups excluding carboxylic acids is 1. The first-order chi connectivity index (χ1) is 11.2. The molecule has 2 aromatic rings. The van der Waals surface area contributed by atoms with Crippen molar-refractivity contribution in [2.75, 3.05) is 14.2 Å². The van der Waals surface area contributed by atoms with Crippen LogP contribution in [0.4, 0.5) is 0 Å². The second-order valence-electron chi connectivity index (χ2n) is 5.72. The molecule has 1 aliphatic carbocycles. The summed E-state index contributed by atoms with van der Waals surface area (Å²) < 4.78 is 10.6. The quantitative estimate of drug-likeness (QED) is 0.819. The first kappa shape index (κ1) is 15.4. The van der Waals surface area contributed by atoms with Crippen molar-refractivity contribution < 1.29 is 14.3 Å². The van der Waals surface area contributed by atoms with E-state index in [9.17, 15) is 4.79 Å². The van der Waals surface area contributed by atoms with Crippen LogP contribution in [0.3, 0.4) is 0 Å². The summed E-state index contributed by atoms with van der Waals surface area (Å²) in [6.45, 7) is 0.625. The summed E-state index contributed by atoms with van der Waals surface area (Å²) in [5, 5.41) is 0. The van der Waals surface area contributed by atoms with Crippen molar-refractivity contribution in [3.8, 4) is 11.5 Å². The highest BCUT2D eigenvalue weighted by Gasteiger charge is 2.34. The molecule has 0 saturated heterocycles. The van der Waals surface area contributed by atoms with Gasteiger partial charge < -0.3 is 14.4 Å². The van der Waals surface area contributed by atoms with E-state index in [1.54, 1.807) is 32.4 Å². The van der Waals surface area contributed by atoms with E-state index < -0.39 is 0 Å². The van der Waals surface area contributed by atoms with Gasteiger partial charge in [0.25, 0.3) is 5.91 Å². The molecule has 2 aromatic carbocycles. The van der Waals surface area contributed by atoms with Crippen molar-refractivity contribution in [3.05, 3.63) is 59.7 Å². The summed E-state index contributed by atoms with van der Waals surface area (Å²) in [5.41, 5.74) is 1.72. The van der Waals surface area contributed by atoms with Gasteiger partial charge in [0.05, 0.1) is 19.8 Å². The summed E-state index contributed by atoms with van der Waals surface area (Å²) in [5.74, 6) is 1.24. The summed E-state index contributed by atoms with van der Waals surface area (Å²) in [6, 6.07) is 15.7. The molecule has 4 heteroatoms. The van der Waals surface area contributed by atoms with E-state index in [1.165, 1.54) is 0 Å². The van der Waals surface area contributed by atoms with Gasteiger partial charge in [0.1, 0.15) is 11.5 Å². The maximum Gasteiger partial charge on any atom is 0.258 e. The van der Waals surface area contributed by atoms with Crippen LogP contribution in [0.1, 0.15) is 28.8 Å². The van der Waals surface area contributed by atoms with Crippen LogP contribution in [0.15, 0.2) is 48.5 Å². The summed E-state index contributed by atoms with van der Waals surface area (Å²) in [7, 11) is 3.17. The first-order valence-electron chi connectivity index (χ1n) is 7.80. The number of nitrogens with zero attached hydrogens (tertiary/aromatic N) is 1. The lowest BCUT2D eigenvalue weighted by molar-refractivity contribution is 0.0726. The van der Waals surface area contributed by atoms with Gasteiger partial charge in [-0.25, -0.2) is 0 Å². The smallest absolute Gasteiger partial charge is 0.258 e. The van der Waals surface area contributed by atoms with E-state index >= 15 is 0 Å². The maximum atomic E-state index is 13.0. The van der Waals surface area contributed by atoms with Gasteiger partial charge in [-0.1, -0.05) is 30.3 Å². The van der Waals surface area contributed by atoms with E-state index in [1.807, 2.05) is 35.2 Å². The molecule has 4 nitrogen and oxygen atoms in total. The van der Waals surface area contributed by atoms with E-state index in [4.69, 9.17) is 9.47 Å². The molecule has 0 spiro atoms. The molecule has 1 amide bonds. The number of hydrogen-bond donors (Lipinski definition) is 0. The Morgan fingerprint density at radius 3 is 2.43 bits per heavy atom. The standard InChI is InChI=1S/C19H21NO3/c1-22-16-10-11-17(18(12-16)23-2)19(21)20(15-8-9-15)13-14-6-4-3-5-7-14/h3-7,10-12,15H,8-9,13H2,1-2H3. The molecule has 0 aromatic heterocycles. The van der Waals surface area contributed by atoms with Crippen LogP contribution in [-0.2, 0) is 6.54 Å². The normalized spacial score (nSPS) is 13.5. The van der Waals surface area contributed by atoms with Crippen LogP contribution in [0.25, 0.3) is 0 Å². The predicted octanol–water partition coefficient (Wildman–Crippen LogP) is 3.51.